The molecule has 8 rings (SSSR count). The van der Waals surface area contributed by atoms with Crippen LogP contribution in [0.5, 0.6) is 5.19 Å². The van der Waals surface area contributed by atoms with Crippen LogP contribution in [0, 0.1) is 11.8 Å². The van der Waals surface area contributed by atoms with Crippen LogP contribution in [0.4, 0.5) is 0 Å². The van der Waals surface area contributed by atoms with E-state index in [-0.39, 0.29) is 55.2 Å². The lowest BCUT2D eigenvalue weighted by molar-refractivity contribution is -0.475. The van der Waals surface area contributed by atoms with E-state index in [1.165, 1.54) is 0 Å². The van der Waals surface area contributed by atoms with Crippen molar-refractivity contribution in [3.05, 3.63) is 30.3 Å². The number of hydrogen-bond donors (Lipinski definition) is 0. The number of benzene rings is 1. The highest BCUT2D eigenvalue weighted by atomic mass is 32.1. The van der Waals surface area contributed by atoms with Crippen molar-refractivity contribution in [2.45, 2.75) is 55.8 Å². The van der Waals surface area contributed by atoms with E-state index < -0.39 is 47.1 Å². The largest absolute Gasteiger partial charge is 0.440 e. The number of rotatable bonds is 3. The van der Waals surface area contributed by atoms with Gasteiger partial charge in [0.15, 0.2) is 5.01 Å². The van der Waals surface area contributed by atoms with Crippen molar-refractivity contribution in [1.82, 2.24) is 15.1 Å². The summed E-state index contributed by atoms with van der Waals surface area (Å²) < 4.78 is 30.5. The Bertz CT molecular complexity index is 1330. The SMILES string of the molecule is O.O=C1CCC(=O)O[C@]23CC4C[C@@H](CN(C4)C24OC(=O)CCC(=O)O4)C3(Oc2nnc(-c3ccccc3)s2)O1. The van der Waals surface area contributed by atoms with E-state index >= 15 is 0 Å². The van der Waals surface area contributed by atoms with Crippen LogP contribution in [-0.2, 0) is 38.1 Å². The predicted molar refractivity (Wildman–Crippen MR) is 128 cm³/mol. The van der Waals surface area contributed by atoms with Crippen LogP contribution >= 0.6 is 11.3 Å². The van der Waals surface area contributed by atoms with Crippen molar-refractivity contribution in [3.63, 3.8) is 0 Å². The molecule has 1 aliphatic carbocycles. The van der Waals surface area contributed by atoms with Gasteiger partial charge in [-0.25, -0.2) is 4.90 Å². The first-order valence-electron chi connectivity index (χ1n) is 12.5. The Morgan fingerprint density at radius 2 is 1.49 bits per heavy atom. The fraction of sp³-hybridized carbons (Fsp3) is 0.520. The predicted octanol–water partition coefficient (Wildman–Crippen LogP) is 0.964. The molecule has 0 radical (unpaired) electrons. The number of aromatic nitrogens is 2. The molecule has 3 unspecified atom stereocenters. The number of carbonyl (C=O) groups is 4. The highest BCUT2D eigenvalue weighted by Crippen LogP contribution is 2.64. The topological polar surface area (TPSA) is 175 Å². The fourth-order valence-electron chi connectivity index (χ4n) is 6.56. The van der Waals surface area contributed by atoms with Crippen molar-refractivity contribution < 1.29 is 48.3 Å². The van der Waals surface area contributed by atoms with Gasteiger partial charge in [-0.15, -0.1) is 5.10 Å². The molecule has 6 aliphatic rings. The monoisotopic (exact) mass is 559 g/mol. The van der Waals surface area contributed by atoms with Crippen LogP contribution in [0.1, 0.15) is 38.5 Å². The zero-order chi connectivity index (χ0) is 26.1. The summed E-state index contributed by atoms with van der Waals surface area (Å²) in [6, 6.07) is 9.36. The van der Waals surface area contributed by atoms with Gasteiger partial charge in [-0.2, -0.15) is 0 Å². The maximum absolute atomic E-state index is 13.1. The summed E-state index contributed by atoms with van der Waals surface area (Å²) >= 11 is 1.13. The number of hydrogen-bond acceptors (Lipinski definition) is 13. The van der Waals surface area contributed by atoms with Crippen LogP contribution in [0.2, 0.25) is 0 Å². The fourth-order valence-corrected chi connectivity index (χ4v) is 7.31. The van der Waals surface area contributed by atoms with Crippen molar-refractivity contribution >= 4 is 35.2 Å². The van der Waals surface area contributed by atoms with Crippen LogP contribution in [0.15, 0.2) is 30.3 Å². The van der Waals surface area contributed by atoms with Gasteiger partial charge in [0, 0.05) is 25.1 Å². The van der Waals surface area contributed by atoms with E-state index in [0.717, 1.165) is 16.9 Å². The van der Waals surface area contributed by atoms with Crippen molar-refractivity contribution in [1.29, 1.82) is 0 Å². The Morgan fingerprint density at radius 3 is 2.18 bits per heavy atom. The summed E-state index contributed by atoms with van der Waals surface area (Å²) in [5, 5.41) is 9.06. The standard InChI is InChI=1S/C25H23N3O9S.H2O/c29-17-6-7-18(30)34-24(37-22-27-26-21(38-22)15-4-2-1-3-5-15)16-10-14-11-23(24,33-17)25(28(12-14)13-16)35-19(31)8-9-20(32)36-25;/h1-5,14,16H,6-13H2;1H2/t14?,16-,23-,24?;/m0./s1. The summed E-state index contributed by atoms with van der Waals surface area (Å²) in [5.41, 5.74) is -1.17. The molecule has 1 aromatic carbocycles. The molecule has 5 saturated heterocycles. The second-order valence-electron chi connectivity index (χ2n) is 10.2. The van der Waals surface area contributed by atoms with Crippen LogP contribution in [0.25, 0.3) is 10.6 Å². The summed E-state index contributed by atoms with van der Waals surface area (Å²) in [6.07, 6.45) is -0.195. The molecule has 2 N–H and O–H groups in total. The molecule has 1 saturated carbocycles. The van der Waals surface area contributed by atoms with Gasteiger partial charge in [0.2, 0.25) is 0 Å². The molecule has 0 amide bonds. The Balaban J connectivity index is 0.00000277. The first-order valence-corrected chi connectivity index (χ1v) is 13.3. The average molecular weight is 560 g/mol. The number of ether oxygens (including phenoxy) is 5. The molecular weight excluding hydrogens is 534 g/mol. The first kappa shape index (κ1) is 25.6. The van der Waals surface area contributed by atoms with E-state index in [4.69, 9.17) is 23.7 Å². The highest BCUT2D eigenvalue weighted by Gasteiger charge is 2.87. The molecule has 13 nitrogen and oxygen atoms in total. The summed E-state index contributed by atoms with van der Waals surface area (Å²) in [7, 11) is 0. The number of nitrogens with zero attached hydrogens (tertiary/aromatic N) is 3. The van der Waals surface area contributed by atoms with Crippen LogP contribution in [-0.4, -0.2) is 74.8 Å². The highest BCUT2D eigenvalue weighted by molar-refractivity contribution is 7.16. The smallest absolute Gasteiger partial charge is 0.370 e. The van der Waals surface area contributed by atoms with Gasteiger partial charge in [0.25, 0.3) is 10.8 Å². The van der Waals surface area contributed by atoms with Gasteiger partial charge in [-0.1, -0.05) is 46.8 Å². The van der Waals surface area contributed by atoms with Crippen molar-refractivity contribution in [2.75, 3.05) is 13.1 Å². The third-order valence-electron chi connectivity index (χ3n) is 7.93. The molecule has 2 spiro atoms. The third-order valence-corrected chi connectivity index (χ3v) is 8.78. The van der Waals surface area contributed by atoms with E-state index in [1.807, 2.05) is 30.3 Å². The van der Waals surface area contributed by atoms with Crippen molar-refractivity contribution in [3.8, 4) is 15.8 Å². The number of esters is 4. The molecule has 206 valence electrons. The summed E-state index contributed by atoms with van der Waals surface area (Å²) in [4.78, 5) is 53.5. The second-order valence-corrected chi connectivity index (χ2v) is 11.2. The van der Waals surface area contributed by atoms with Gasteiger partial charge in [0.1, 0.15) is 0 Å². The molecule has 39 heavy (non-hydrogen) atoms. The lowest BCUT2D eigenvalue weighted by atomic mass is 9.58. The van der Waals surface area contributed by atoms with Crippen molar-refractivity contribution in [2.24, 2.45) is 11.8 Å². The lowest BCUT2D eigenvalue weighted by Crippen LogP contribution is -2.90. The van der Waals surface area contributed by atoms with E-state index in [2.05, 4.69) is 10.2 Å². The molecule has 6 heterocycles. The number of carbonyl (C=O) groups excluding carboxylic acids is 4. The zero-order valence-corrected chi connectivity index (χ0v) is 21.4. The quantitative estimate of drug-likeness (QED) is 0.385. The Hall–Kier alpha value is -3.62. The average Bonchev–Trinajstić information content (AvgIpc) is 3.29. The Kier molecular flexibility index (Phi) is 5.89. The van der Waals surface area contributed by atoms with E-state index in [0.29, 0.717) is 18.0 Å². The molecular formula is C25H25N3O10S. The van der Waals surface area contributed by atoms with Gasteiger partial charge in [-0.3, -0.25) is 19.2 Å². The lowest BCUT2D eigenvalue weighted by Gasteiger charge is -2.68. The van der Waals surface area contributed by atoms with E-state index in [1.54, 1.807) is 4.90 Å². The minimum Gasteiger partial charge on any atom is -0.440 e. The van der Waals surface area contributed by atoms with Gasteiger partial charge in [0.05, 0.1) is 31.6 Å². The molecule has 2 aromatic rings. The normalized spacial score (nSPS) is 34.3. The summed E-state index contributed by atoms with van der Waals surface area (Å²) in [5.74, 6) is -7.45. The molecule has 5 atom stereocenters. The second kappa shape index (κ2) is 8.96. The minimum atomic E-state index is -2.16. The number of piperidine rings is 3. The minimum absolute atomic E-state index is 0. The molecule has 5 aliphatic heterocycles. The molecule has 4 bridgehead atoms. The van der Waals surface area contributed by atoms with E-state index in [9.17, 15) is 19.2 Å². The molecule has 14 heteroatoms. The maximum atomic E-state index is 13.1. The zero-order valence-electron chi connectivity index (χ0n) is 20.6. The molecule has 6 fully saturated rings. The Morgan fingerprint density at radius 1 is 0.846 bits per heavy atom. The molecule has 1 aromatic heterocycles. The van der Waals surface area contributed by atoms with Gasteiger partial charge < -0.3 is 29.2 Å². The first-order chi connectivity index (χ1) is 18.3. The van der Waals surface area contributed by atoms with Gasteiger partial charge in [-0.05, 0) is 12.3 Å². The van der Waals surface area contributed by atoms with Crippen LogP contribution < -0.4 is 4.74 Å². The Labute approximate surface area is 225 Å². The van der Waals surface area contributed by atoms with Crippen LogP contribution in [0.3, 0.4) is 0 Å². The van der Waals surface area contributed by atoms with Gasteiger partial charge >= 0.3 is 35.6 Å². The summed E-state index contributed by atoms with van der Waals surface area (Å²) in [6.45, 7) is 0.644. The maximum Gasteiger partial charge on any atom is 0.370 e. The third kappa shape index (κ3) is 3.65.